The topological polar surface area (TPSA) is 32.7 Å². The molecule has 1 aromatic rings. The van der Waals surface area contributed by atoms with Crippen LogP contribution < -0.4 is 0 Å². The van der Waals surface area contributed by atoms with Crippen molar-refractivity contribution in [2.45, 2.75) is 38.5 Å². The maximum Gasteiger partial charge on any atom is 0.126 e. The first kappa shape index (κ1) is 14.4. The SMILES string of the molecule is CC(C)N1CCOC(C(O)Cc2ccccc2F)C1. The van der Waals surface area contributed by atoms with Gasteiger partial charge in [-0.2, -0.15) is 0 Å². The number of halogens is 1. The molecule has 2 rings (SSSR count). The largest absolute Gasteiger partial charge is 0.390 e. The predicted molar refractivity (Wildman–Crippen MR) is 72.6 cm³/mol. The highest BCUT2D eigenvalue weighted by Crippen LogP contribution is 2.16. The van der Waals surface area contributed by atoms with Gasteiger partial charge in [-0.1, -0.05) is 18.2 Å². The Kier molecular flexibility index (Phi) is 4.91. The summed E-state index contributed by atoms with van der Waals surface area (Å²) in [5.41, 5.74) is 0.542. The molecule has 0 aromatic heterocycles. The van der Waals surface area contributed by atoms with Gasteiger partial charge in [0.15, 0.2) is 0 Å². The first-order valence-electron chi connectivity index (χ1n) is 6.85. The number of nitrogens with zero attached hydrogens (tertiary/aromatic N) is 1. The molecule has 0 amide bonds. The summed E-state index contributed by atoms with van der Waals surface area (Å²) in [6.45, 7) is 6.47. The molecule has 2 atom stereocenters. The quantitative estimate of drug-likeness (QED) is 0.903. The first-order valence-corrected chi connectivity index (χ1v) is 6.85. The van der Waals surface area contributed by atoms with Gasteiger partial charge >= 0.3 is 0 Å². The van der Waals surface area contributed by atoms with Crippen LogP contribution in [0.4, 0.5) is 4.39 Å². The van der Waals surface area contributed by atoms with Crippen LogP contribution in [0.15, 0.2) is 24.3 Å². The molecule has 1 saturated heterocycles. The van der Waals surface area contributed by atoms with Crippen molar-refractivity contribution < 1.29 is 14.2 Å². The van der Waals surface area contributed by atoms with Gasteiger partial charge in [0.2, 0.25) is 0 Å². The highest BCUT2D eigenvalue weighted by molar-refractivity contribution is 5.18. The Hall–Kier alpha value is -0.970. The lowest BCUT2D eigenvalue weighted by molar-refractivity contribution is -0.0942. The molecular formula is C15H22FNO2. The van der Waals surface area contributed by atoms with E-state index in [1.807, 2.05) is 0 Å². The minimum Gasteiger partial charge on any atom is -0.390 e. The number of aliphatic hydroxyl groups is 1. The van der Waals surface area contributed by atoms with Gasteiger partial charge in [-0.3, -0.25) is 4.90 Å². The summed E-state index contributed by atoms with van der Waals surface area (Å²) < 4.78 is 19.2. The van der Waals surface area contributed by atoms with Crippen molar-refractivity contribution in [3.05, 3.63) is 35.6 Å². The molecule has 2 unspecified atom stereocenters. The maximum atomic E-state index is 13.6. The van der Waals surface area contributed by atoms with Gasteiger partial charge in [0.1, 0.15) is 5.82 Å². The van der Waals surface area contributed by atoms with Crippen molar-refractivity contribution in [2.24, 2.45) is 0 Å². The lowest BCUT2D eigenvalue weighted by atomic mass is 10.0. The van der Waals surface area contributed by atoms with Crippen molar-refractivity contribution in [1.82, 2.24) is 4.90 Å². The van der Waals surface area contributed by atoms with Gasteiger partial charge in [0, 0.05) is 25.6 Å². The Morgan fingerprint density at radius 3 is 2.84 bits per heavy atom. The van der Waals surface area contributed by atoms with Gasteiger partial charge in [-0.25, -0.2) is 4.39 Å². The Morgan fingerprint density at radius 1 is 1.42 bits per heavy atom. The molecule has 3 nitrogen and oxygen atoms in total. The number of morpholine rings is 1. The molecule has 1 aromatic carbocycles. The predicted octanol–water partition coefficient (Wildman–Crippen LogP) is 1.84. The number of rotatable bonds is 4. The number of benzene rings is 1. The van der Waals surface area contributed by atoms with E-state index < -0.39 is 6.10 Å². The molecule has 0 bridgehead atoms. The Labute approximate surface area is 114 Å². The van der Waals surface area contributed by atoms with Gasteiger partial charge in [-0.05, 0) is 25.5 Å². The fourth-order valence-corrected chi connectivity index (χ4v) is 2.42. The Bertz CT molecular complexity index is 411. The highest BCUT2D eigenvalue weighted by Gasteiger charge is 2.28. The summed E-state index contributed by atoms with van der Waals surface area (Å²) in [6, 6.07) is 7.01. The molecule has 1 N–H and O–H groups in total. The molecule has 0 aliphatic carbocycles. The van der Waals surface area contributed by atoms with Crippen LogP contribution in [0.25, 0.3) is 0 Å². The van der Waals surface area contributed by atoms with E-state index in [9.17, 15) is 9.50 Å². The number of ether oxygens (including phenoxy) is 1. The minimum atomic E-state index is -0.668. The van der Waals surface area contributed by atoms with Crippen LogP contribution in [-0.4, -0.2) is 48.0 Å². The minimum absolute atomic E-state index is 0.240. The smallest absolute Gasteiger partial charge is 0.126 e. The normalized spacial score (nSPS) is 22.7. The summed E-state index contributed by atoms with van der Waals surface area (Å²) in [6.07, 6.45) is -0.613. The maximum absolute atomic E-state index is 13.6. The zero-order chi connectivity index (χ0) is 13.8. The second kappa shape index (κ2) is 6.46. The molecule has 1 aliphatic rings. The Morgan fingerprint density at radius 2 is 2.16 bits per heavy atom. The first-order chi connectivity index (χ1) is 9.08. The van der Waals surface area contributed by atoms with E-state index in [1.54, 1.807) is 18.2 Å². The second-order valence-corrected chi connectivity index (χ2v) is 5.36. The lowest BCUT2D eigenvalue weighted by Gasteiger charge is -2.37. The summed E-state index contributed by atoms with van der Waals surface area (Å²) in [4.78, 5) is 2.28. The van der Waals surface area contributed by atoms with E-state index in [4.69, 9.17) is 4.74 Å². The van der Waals surface area contributed by atoms with Crippen LogP contribution in [0.3, 0.4) is 0 Å². The van der Waals surface area contributed by atoms with E-state index in [-0.39, 0.29) is 11.9 Å². The summed E-state index contributed by atoms with van der Waals surface area (Å²) in [5, 5.41) is 10.2. The third-order valence-electron chi connectivity index (χ3n) is 3.67. The van der Waals surface area contributed by atoms with Crippen molar-refractivity contribution in [1.29, 1.82) is 0 Å². The van der Waals surface area contributed by atoms with Gasteiger partial charge < -0.3 is 9.84 Å². The van der Waals surface area contributed by atoms with Crippen LogP contribution in [-0.2, 0) is 11.2 Å². The molecule has 1 aliphatic heterocycles. The zero-order valence-electron chi connectivity index (χ0n) is 11.6. The third kappa shape index (κ3) is 3.75. The van der Waals surface area contributed by atoms with E-state index in [0.29, 0.717) is 31.2 Å². The molecule has 4 heteroatoms. The van der Waals surface area contributed by atoms with Crippen LogP contribution in [0, 0.1) is 5.82 Å². The zero-order valence-corrected chi connectivity index (χ0v) is 11.6. The van der Waals surface area contributed by atoms with E-state index >= 15 is 0 Å². The molecule has 1 fully saturated rings. The molecule has 106 valence electrons. The van der Waals surface area contributed by atoms with Crippen LogP contribution in [0.1, 0.15) is 19.4 Å². The second-order valence-electron chi connectivity index (χ2n) is 5.36. The number of hydrogen-bond acceptors (Lipinski definition) is 3. The van der Waals surface area contributed by atoms with Crippen LogP contribution in [0.2, 0.25) is 0 Å². The standard InChI is InChI=1S/C15H22FNO2/c1-11(2)17-7-8-19-15(10-17)14(18)9-12-5-3-4-6-13(12)16/h3-6,11,14-15,18H,7-10H2,1-2H3. The average Bonchev–Trinajstić information content (AvgIpc) is 2.41. The molecule has 1 heterocycles. The van der Waals surface area contributed by atoms with Gasteiger partial charge in [0.25, 0.3) is 0 Å². The van der Waals surface area contributed by atoms with Crippen molar-refractivity contribution in [3.63, 3.8) is 0 Å². The van der Waals surface area contributed by atoms with E-state index in [2.05, 4.69) is 18.7 Å². The summed E-state index contributed by atoms with van der Waals surface area (Å²) in [5.74, 6) is -0.266. The molecule has 0 spiro atoms. The summed E-state index contributed by atoms with van der Waals surface area (Å²) >= 11 is 0. The van der Waals surface area contributed by atoms with Gasteiger partial charge in [0.05, 0.1) is 18.8 Å². The van der Waals surface area contributed by atoms with Crippen molar-refractivity contribution in [3.8, 4) is 0 Å². The molecule has 0 radical (unpaired) electrons. The van der Waals surface area contributed by atoms with Crippen molar-refractivity contribution >= 4 is 0 Å². The van der Waals surface area contributed by atoms with Gasteiger partial charge in [-0.15, -0.1) is 0 Å². The lowest BCUT2D eigenvalue weighted by Crippen LogP contribution is -2.50. The molecule has 0 saturated carbocycles. The average molecular weight is 267 g/mol. The number of aliphatic hydroxyl groups excluding tert-OH is 1. The monoisotopic (exact) mass is 267 g/mol. The Balaban J connectivity index is 1.96. The summed E-state index contributed by atoms with van der Waals surface area (Å²) in [7, 11) is 0. The third-order valence-corrected chi connectivity index (χ3v) is 3.67. The fraction of sp³-hybridized carbons (Fsp3) is 0.600. The number of hydrogen-bond donors (Lipinski definition) is 1. The van der Waals surface area contributed by atoms with Crippen LogP contribution >= 0.6 is 0 Å². The molecule has 19 heavy (non-hydrogen) atoms. The molecular weight excluding hydrogens is 245 g/mol. The fourth-order valence-electron chi connectivity index (χ4n) is 2.42. The van der Waals surface area contributed by atoms with E-state index in [1.165, 1.54) is 6.07 Å². The highest BCUT2D eigenvalue weighted by atomic mass is 19.1. The van der Waals surface area contributed by atoms with Crippen LogP contribution in [0.5, 0.6) is 0 Å². The van der Waals surface area contributed by atoms with Crippen molar-refractivity contribution in [2.75, 3.05) is 19.7 Å². The van der Waals surface area contributed by atoms with E-state index in [0.717, 1.165) is 6.54 Å².